The topological polar surface area (TPSA) is 94.4 Å². The van der Waals surface area contributed by atoms with E-state index in [9.17, 15) is 0 Å². The van der Waals surface area contributed by atoms with E-state index in [0.29, 0.717) is 33.0 Å². The van der Waals surface area contributed by atoms with Crippen LogP contribution < -0.4 is 5.73 Å². The third-order valence-corrected chi connectivity index (χ3v) is 4.08. The van der Waals surface area contributed by atoms with Gasteiger partial charge in [0.1, 0.15) is 0 Å². The van der Waals surface area contributed by atoms with Crippen LogP contribution in [0, 0.1) is 0 Å². The Labute approximate surface area is 98.8 Å². The molecule has 0 aliphatic carbocycles. The molecule has 7 heteroatoms. The average molecular weight is 255 g/mol. The first-order valence-corrected chi connectivity index (χ1v) is 7.13. The minimum absolute atomic E-state index is 0. The normalized spacial score (nSPS) is 11.2. The van der Waals surface area contributed by atoms with Crippen molar-refractivity contribution < 1.29 is 23.2 Å². The first-order valence-electron chi connectivity index (χ1n) is 5.50. The highest BCUT2D eigenvalue weighted by Crippen LogP contribution is 2.12. The average Bonchev–Trinajstić information content (AvgIpc) is 2.19. The Kier molecular flexibility index (Phi) is 13.1. The molecule has 100 valence electrons. The van der Waals surface area contributed by atoms with Crippen LogP contribution in [0.1, 0.15) is 27.2 Å². The van der Waals surface area contributed by atoms with Crippen LogP contribution in [0.5, 0.6) is 0 Å². The van der Waals surface area contributed by atoms with Gasteiger partial charge in [0.25, 0.3) is 0 Å². The van der Waals surface area contributed by atoms with Gasteiger partial charge in [-0.05, 0) is 33.7 Å². The molecule has 0 bridgehead atoms. The van der Waals surface area contributed by atoms with Crippen molar-refractivity contribution in [3.05, 3.63) is 0 Å². The van der Waals surface area contributed by atoms with E-state index in [1.807, 2.05) is 20.8 Å². The number of rotatable bonds is 10. The standard InChI is InChI=1S/C9H23NO4Si.H2O/c1-4-11-15(12-5-2,13-6-3)14-9-7-8-10;/h4-10H2,1-3H3;1H2. The molecule has 0 aromatic heterocycles. The molecule has 0 saturated heterocycles. The van der Waals surface area contributed by atoms with Gasteiger partial charge in [0, 0.05) is 26.4 Å². The molecule has 4 N–H and O–H groups in total. The summed E-state index contributed by atoms with van der Waals surface area (Å²) in [4.78, 5) is 0. The van der Waals surface area contributed by atoms with Crippen LogP contribution in [0.15, 0.2) is 0 Å². The molecule has 0 rings (SSSR count). The summed E-state index contributed by atoms with van der Waals surface area (Å²) in [7, 11) is -2.89. The maximum atomic E-state index is 5.58. The largest absolute Gasteiger partial charge is 0.679 e. The quantitative estimate of drug-likeness (QED) is 0.440. The lowest BCUT2D eigenvalue weighted by molar-refractivity contribution is -0.0275. The van der Waals surface area contributed by atoms with Gasteiger partial charge in [-0.1, -0.05) is 0 Å². The Balaban J connectivity index is 0. The van der Waals surface area contributed by atoms with Crippen molar-refractivity contribution in [1.29, 1.82) is 0 Å². The Hall–Kier alpha value is -0.0231. The van der Waals surface area contributed by atoms with Crippen LogP contribution in [0.3, 0.4) is 0 Å². The molecule has 0 amide bonds. The second kappa shape index (κ2) is 11.5. The van der Waals surface area contributed by atoms with Crippen LogP contribution in [0.25, 0.3) is 0 Å². The van der Waals surface area contributed by atoms with Gasteiger partial charge in [0.15, 0.2) is 0 Å². The second-order valence-electron chi connectivity index (χ2n) is 2.79. The third kappa shape index (κ3) is 7.28. The highest BCUT2D eigenvalue weighted by molar-refractivity contribution is 6.53. The van der Waals surface area contributed by atoms with Crippen molar-refractivity contribution in [2.24, 2.45) is 5.73 Å². The van der Waals surface area contributed by atoms with Crippen LogP contribution in [0.2, 0.25) is 0 Å². The zero-order valence-electron chi connectivity index (χ0n) is 10.5. The molecule has 0 atom stereocenters. The molecule has 0 aliphatic heterocycles. The fourth-order valence-electron chi connectivity index (χ4n) is 1.06. The summed E-state index contributed by atoms with van der Waals surface area (Å²) < 4.78 is 22.0. The van der Waals surface area contributed by atoms with Crippen molar-refractivity contribution in [2.45, 2.75) is 27.2 Å². The minimum Gasteiger partial charge on any atom is -0.412 e. The summed E-state index contributed by atoms with van der Waals surface area (Å²) in [6.07, 6.45) is 0.780. The van der Waals surface area contributed by atoms with Gasteiger partial charge in [-0.3, -0.25) is 0 Å². The van der Waals surface area contributed by atoms with Crippen molar-refractivity contribution in [3.63, 3.8) is 0 Å². The van der Waals surface area contributed by atoms with E-state index >= 15 is 0 Å². The van der Waals surface area contributed by atoms with E-state index in [1.165, 1.54) is 0 Å². The second-order valence-corrected chi connectivity index (χ2v) is 4.94. The Bertz CT molecular complexity index is 133. The summed E-state index contributed by atoms with van der Waals surface area (Å²) in [6, 6.07) is 0. The molecule has 0 radical (unpaired) electrons. The zero-order valence-corrected chi connectivity index (χ0v) is 11.5. The summed E-state index contributed by atoms with van der Waals surface area (Å²) >= 11 is 0. The predicted molar refractivity (Wildman–Crippen MR) is 63.9 cm³/mol. The van der Waals surface area contributed by atoms with Crippen LogP contribution in [-0.2, 0) is 17.7 Å². The fourth-order valence-corrected chi connectivity index (χ4v) is 3.02. The zero-order chi connectivity index (χ0) is 11.6. The van der Waals surface area contributed by atoms with Crippen molar-refractivity contribution in [1.82, 2.24) is 0 Å². The summed E-state index contributed by atoms with van der Waals surface area (Å²) in [5.41, 5.74) is 5.39. The minimum atomic E-state index is -2.89. The first kappa shape index (κ1) is 18.3. The lowest BCUT2D eigenvalue weighted by atomic mass is 10.5. The van der Waals surface area contributed by atoms with Gasteiger partial charge >= 0.3 is 9.05 Å². The fraction of sp³-hybridized carbons (Fsp3) is 1.00. The van der Waals surface area contributed by atoms with Crippen LogP contribution >= 0.6 is 0 Å². The van der Waals surface area contributed by atoms with Gasteiger partial charge in [-0.2, -0.15) is 0 Å². The van der Waals surface area contributed by atoms with Crippen LogP contribution in [0.4, 0.5) is 0 Å². The summed E-state index contributed by atoms with van der Waals surface area (Å²) in [5.74, 6) is 0. The molecule has 0 aliphatic rings. The first-order chi connectivity index (χ1) is 7.24. The molecule has 16 heavy (non-hydrogen) atoms. The number of nitrogens with two attached hydrogens (primary N) is 1. The Morgan fingerprint density at radius 2 is 1.31 bits per heavy atom. The van der Waals surface area contributed by atoms with Gasteiger partial charge in [0.05, 0.1) is 0 Å². The summed E-state index contributed by atoms with van der Waals surface area (Å²) in [5, 5.41) is 0. The Morgan fingerprint density at radius 3 is 1.62 bits per heavy atom. The molecule has 6 nitrogen and oxygen atoms in total. The predicted octanol–water partition coefficient (Wildman–Crippen LogP) is 0.0722. The van der Waals surface area contributed by atoms with E-state index in [4.69, 9.17) is 23.4 Å². The van der Waals surface area contributed by atoms with Gasteiger partial charge in [-0.15, -0.1) is 0 Å². The van der Waals surface area contributed by atoms with Gasteiger partial charge in [-0.25, -0.2) is 0 Å². The molecule has 0 fully saturated rings. The molecule has 0 heterocycles. The SMILES string of the molecule is CCO[Si](OCC)(OCC)OCCCN.O. The number of hydrogen-bond acceptors (Lipinski definition) is 5. The Morgan fingerprint density at radius 1 is 0.875 bits per heavy atom. The molecule has 0 spiro atoms. The van der Waals surface area contributed by atoms with E-state index in [1.54, 1.807) is 0 Å². The lowest BCUT2D eigenvalue weighted by Crippen LogP contribution is -2.49. The van der Waals surface area contributed by atoms with Crippen LogP contribution in [-0.4, -0.2) is 47.5 Å². The smallest absolute Gasteiger partial charge is 0.412 e. The molecule has 0 aromatic rings. The van der Waals surface area contributed by atoms with Gasteiger partial charge < -0.3 is 28.9 Å². The molecule has 0 unspecified atom stereocenters. The molecular weight excluding hydrogens is 230 g/mol. The van der Waals surface area contributed by atoms with Crippen molar-refractivity contribution >= 4 is 9.05 Å². The third-order valence-electron chi connectivity index (χ3n) is 1.59. The monoisotopic (exact) mass is 255 g/mol. The van der Waals surface area contributed by atoms with E-state index in [-0.39, 0.29) is 5.48 Å². The maximum absolute atomic E-state index is 5.58. The van der Waals surface area contributed by atoms with E-state index in [2.05, 4.69) is 0 Å². The van der Waals surface area contributed by atoms with Gasteiger partial charge in [0.2, 0.25) is 0 Å². The molecular formula is C9H25NO5Si. The van der Waals surface area contributed by atoms with E-state index < -0.39 is 9.05 Å². The number of hydrogen-bond donors (Lipinski definition) is 1. The highest BCUT2D eigenvalue weighted by Gasteiger charge is 2.44. The van der Waals surface area contributed by atoms with E-state index in [0.717, 1.165) is 6.42 Å². The highest BCUT2D eigenvalue weighted by atomic mass is 28.4. The van der Waals surface area contributed by atoms with Crippen molar-refractivity contribution in [3.8, 4) is 0 Å². The summed E-state index contributed by atoms with van der Waals surface area (Å²) in [6.45, 7) is 8.36. The lowest BCUT2D eigenvalue weighted by Gasteiger charge is -2.26. The maximum Gasteiger partial charge on any atom is 0.679 e. The van der Waals surface area contributed by atoms with Crippen molar-refractivity contribution in [2.75, 3.05) is 33.0 Å². The molecule has 0 aromatic carbocycles. The molecule has 0 saturated carbocycles.